The molecule has 1 aromatic heterocycles. The molecule has 0 aliphatic carbocycles. The maximum absolute atomic E-state index is 12.2. The summed E-state index contributed by atoms with van der Waals surface area (Å²) in [6.07, 6.45) is 1.22. The molecular formula is C6H4FN3. The van der Waals surface area contributed by atoms with E-state index in [0.717, 1.165) is 12.4 Å². The van der Waals surface area contributed by atoms with Gasteiger partial charge >= 0.3 is 0 Å². The van der Waals surface area contributed by atoms with E-state index in [1.165, 1.54) is 0 Å². The molecule has 0 unspecified atom stereocenters. The minimum absolute atomic E-state index is 0.124. The van der Waals surface area contributed by atoms with Gasteiger partial charge in [-0.3, -0.25) is 0 Å². The molecule has 0 bridgehead atoms. The van der Waals surface area contributed by atoms with Crippen LogP contribution in [0.1, 0.15) is 5.69 Å². The minimum Gasteiger partial charge on any atom is -0.240 e. The third kappa shape index (κ3) is 1.49. The van der Waals surface area contributed by atoms with E-state index >= 15 is 0 Å². The zero-order valence-corrected chi connectivity index (χ0v) is 5.08. The monoisotopic (exact) mass is 137 g/mol. The van der Waals surface area contributed by atoms with Gasteiger partial charge in [0.25, 0.3) is 0 Å². The highest BCUT2D eigenvalue weighted by Crippen LogP contribution is 1.95. The van der Waals surface area contributed by atoms with Crippen LogP contribution in [0.2, 0.25) is 0 Å². The van der Waals surface area contributed by atoms with E-state index in [2.05, 4.69) is 9.97 Å². The van der Waals surface area contributed by atoms with Crippen molar-refractivity contribution < 1.29 is 4.39 Å². The molecule has 10 heavy (non-hydrogen) atoms. The first-order valence-electron chi connectivity index (χ1n) is 2.66. The van der Waals surface area contributed by atoms with Crippen molar-refractivity contribution >= 4 is 0 Å². The number of hydrogen-bond acceptors (Lipinski definition) is 3. The zero-order valence-electron chi connectivity index (χ0n) is 5.08. The Morgan fingerprint density at radius 1 is 1.60 bits per heavy atom. The van der Waals surface area contributed by atoms with Crippen molar-refractivity contribution in [2.45, 2.75) is 6.42 Å². The summed E-state index contributed by atoms with van der Waals surface area (Å²) < 4.78 is 12.2. The molecule has 0 atom stereocenters. The Hall–Kier alpha value is -1.50. The van der Waals surface area contributed by atoms with Crippen LogP contribution in [0.4, 0.5) is 4.39 Å². The van der Waals surface area contributed by atoms with Crippen LogP contribution in [-0.2, 0) is 6.42 Å². The van der Waals surface area contributed by atoms with Gasteiger partial charge in [0.2, 0.25) is 5.95 Å². The highest BCUT2D eigenvalue weighted by atomic mass is 19.1. The quantitative estimate of drug-likeness (QED) is 0.535. The van der Waals surface area contributed by atoms with E-state index in [9.17, 15) is 4.39 Å². The van der Waals surface area contributed by atoms with Gasteiger partial charge in [0.05, 0.1) is 18.2 Å². The Kier molecular flexibility index (Phi) is 1.90. The topological polar surface area (TPSA) is 49.6 Å². The lowest BCUT2D eigenvalue weighted by Gasteiger charge is -1.89. The van der Waals surface area contributed by atoms with Gasteiger partial charge in [-0.05, 0) is 0 Å². The van der Waals surface area contributed by atoms with Crippen LogP contribution in [0.15, 0.2) is 12.4 Å². The van der Waals surface area contributed by atoms with Crippen molar-refractivity contribution in [1.82, 2.24) is 9.97 Å². The third-order valence-electron chi connectivity index (χ3n) is 0.951. The van der Waals surface area contributed by atoms with E-state index < -0.39 is 5.95 Å². The molecule has 0 aliphatic heterocycles. The molecule has 0 N–H and O–H groups in total. The smallest absolute Gasteiger partial charge is 0.216 e. The minimum atomic E-state index is -0.597. The summed E-state index contributed by atoms with van der Waals surface area (Å²) in [5.74, 6) is -0.597. The summed E-state index contributed by atoms with van der Waals surface area (Å²) in [6, 6.07) is 3.00. The SMILES string of the molecule is N#CCc1cc(F)ncn1. The van der Waals surface area contributed by atoms with Gasteiger partial charge in [-0.15, -0.1) is 0 Å². The van der Waals surface area contributed by atoms with Crippen LogP contribution in [0.5, 0.6) is 0 Å². The summed E-state index contributed by atoms with van der Waals surface area (Å²) in [7, 11) is 0. The van der Waals surface area contributed by atoms with Crippen molar-refractivity contribution in [2.75, 3.05) is 0 Å². The van der Waals surface area contributed by atoms with Gasteiger partial charge in [-0.25, -0.2) is 9.97 Å². The van der Waals surface area contributed by atoms with E-state index in [1.807, 2.05) is 6.07 Å². The summed E-state index contributed by atoms with van der Waals surface area (Å²) in [5, 5.41) is 8.18. The van der Waals surface area contributed by atoms with Gasteiger partial charge in [0.15, 0.2) is 0 Å². The Bertz CT molecular complexity index is 266. The molecule has 0 radical (unpaired) electrons. The zero-order chi connectivity index (χ0) is 7.40. The summed E-state index contributed by atoms with van der Waals surface area (Å²) >= 11 is 0. The molecule has 0 amide bonds. The number of aromatic nitrogens is 2. The fourth-order valence-electron chi connectivity index (χ4n) is 0.548. The van der Waals surface area contributed by atoms with Crippen LogP contribution < -0.4 is 0 Å². The second-order valence-corrected chi connectivity index (χ2v) is 1.67. The molecule has 0 fully saturated rings. The normalized spacial score (nSPS) is 8.80. The average Bonchev–Trinajstić information content (AvgIpc) is 1.88. The van der Waals surface area contributed by atoms with Gasteiger partial charge < -0.3 is 0 Å². The number of nitrogens with zero attached hydrogens (tertiary/aromatic N) is 3. The van der Waals surface area contributed by atoms with Crippen molar-refractivity contribution in [3.63, 3.8) is 0 Å². The lowest BCUT2D eigenvalue weighted by atomic mass is 10.3. The maximum Gasteiger partial charge on any atom is 0.216 e. The lowest BCUT2D eigenvalue weighted by Crippen LogP contribution is -1.91. The fraction of sp³-hybridized carbons (Fsp3) is 0.167. The van der Waals surface area contributed by atoms with Crippen molar-refractivity contribution in [3.05, 3.63) is 24.0 Å². The number of rotatable bonds is 1. The second kappa shape index (κ2) is 2.87. The van der Waals surface area contributed by atoms with Gasteiger partial charge in [0, 0.05) is 6.07 Å². The van der Waals surface area contributed by atoms with Gasteiger partial charge in [-0.1, -0.05) is 0 Å². The van der Waals surface area contributed by atoms with Crippen molar-refractivity contribution in [3.8, 4) is 6.07 Å². The van der Waals surface area contributed by atoms with Crippen LogP contribution in [-0.4, -0.2) is 9.97 Å². The molecular weight excluding hydrogens is 133 g/mol. The highest BCUT2D eigenvalue weighted by molar-refractivity contribution is 5.04. The number of halogens is 1. The van der Waals surface area contributed by atoms with E-state index in [-0.39, 0.29) is 6.42 Å². The van der Waals surface area contributed by atoms with Crippen molar-refractivity contribution in [2.24, 2.45) is 0 Å². The van der Waals surface area contributed by atoms with Crippen LogP contribution in [0.25, 0.3) is 0 Å². The first-order chi connectivity index (χ1) is 4.83. The summed E-state index contributed by atoms with van der Waals surface area (Å²) in [5.41, 5.74) is 0.412. The predicted octanol–water partition coefficient (Wildman–Crippen LogP) is 0.682. The van der Waals surface area contributed by atoms with Crippen LogP contribution >= 0.6 is 0 Å². The highest BCUT2D eigenvalue weighted by Gasteiger charge is 1.94. The summed E-state index contributed by atoms with van der Waals surface area (Å²) in [6.45, 7) is 0. The molecule has 0 spiro atoms. The molecule has 0 aromatic carbocycles. The van der Waals surface area contributed by atoms with Crippen LogP contribution in [0.3, 0.4) is 0 Å². The second-order valence-electron chi connectivity index (χ2n) is 1.67. The van der Waals surface area contributed by atoms with Crippen LogP contribution in [0, 0.1) is 17.3 Å². The van der Waals surface area contributed by atoms with Gasteiger partial charge in [-0.2, -0.15) is 9.65 Å². The molecule has 0 aliphatic rings. The van der Waals surface area contributed by atoms with Gasteiger partial charge in [0.1, 0.15) is 6.33 Å². The lowest BCUT2D eigenvalue weighted by molar-refractivity contribution is 0.576. The standard InChI is InChI=1S/C6H4FN3/c7-6-3-5(1-2-8)9-4-10-6/h3-4H,1H2. The van der Waals surface area contributed by atoms with E-state index in [1.54, 1.807) is 0 Å². The molecule has 0 saturated carbocycles. The molecule has 50 valence electrons. The Morgan fingerprint density at radius 2 is 2.40 bits per heavy atom. The van der Waals surface area contributed by atoms with E-state index in [4.69, 9.17) is 5.26 Å². The molecule has 1 aromatic rings. The summed E-state index contributed by atoms with van der Waals surface area (Å²) in [4.78, 5) is 6.89. The maximum atomic E-state index is 12.2. The van der Waals surface area contributed by atoms with E-state index in [0.29, 0.717) is 5.69 Å². The Morgan fingerprint density at radius 3 is 3.00 bits per heavy atom. The largest absolute Gasteiger partial charge is 0.240 e. The first kappa shape index (κ1) is 6.62. The molecule has 3 nitrogen and oxygen atoms in total. The Labute approximate surface area is 57.2 Å². The Balaban J connectivity index is 2.87. The average molecular weight is 137 g/mol. The molecule has 1 rings (SSSR count). The number of hydrogen-bond donors (Lipinski definition) is 0. The number of nitriles is 1. The van der Waals surface area contributed by atoms with Crippen molar-refractivity contribution in [1.29, 1.82) is 5.26 Å². The molecule has 1 heterocycles. The predicted molar refractivity (Wildman–Crippen MR) is 31.3 cm³/mol. The fourth-order valence-corrected chi connectivity index (χ4v) is 0.548. The molecule has 0 saturated heterocycles. The third-order valence-corrected chi connectivity index (χ3v) is 0.951. The molecule has 4 heteroatoms. The first-order valence-corrected chi connectivity index (χ1v) is 2.66.